The predicted molar refractivity (Wildman–Crippen MR) is 176 cm³/mol. The van der Waals surface area contributed by atoms with Crippen molar-refractivity contribution in [2.45, 2.75) is 0 Å². The molecule has 0 radical (unpaired) electrons. The molecular weight excluding hydrogens is 524 g/mol. The van der Waals surface area contributed by atoms with Crippen molar-refractivity contribution in [2.75, 3.05) is 0 Å². The molecule has 0 saturated carbocycles. The summed E-state index contributed by atoms with van der Waals surface area (Å²) in [4.78, 5) is 18.4. The number of para-hydroxylation sites is 1. The molecule has 0 aliphatic heterocycles. The molecule has 8 aromatic rings. The number of nitrogens with one attached hydrogen (secondary N) is 1. The highest BCUT2D eigenvalue weighted by molar-refractivity contribution is 6.08. The Kier molecular flexibility index (Phi) is 6.08. The second-order valence-corrected chi connectivity index (χ2v) is 10.6. The highest BCUT2D eigenvalue weighted by Crippen LogP contribution is 2.32. The van der Waals surface area contributed by atoms with E-state index in [0.29, 0.717) is 17.5 Å². The van der Waals surface area contributed by atoms with Crippen molar-refractivity contribution >= 4 is 21.8 Å². The molecule has 43 heavy (non-hydrogen) atoms. The maximum Gasteiger partial charge on any atom is 0.164 e. The molecule has 0 saturated heterocycles. The zero-order valence-corrected chi connectivity index (χ0v) is 23.3. The van der Waals surface area contributed by atoms with Crippen LogP contribution in [0.4, 0.5) is 0 Å². The summed E-state index contributed by atoms with van der Waals surface area (Å²) in [5.74, 6) is 1.94. The smallest absolute Gasteiger partial charge is 0.164 e. The first kappa shape index (κ1) is 24.9. The number of fused-ring (bicyclic) bond motifs is 3. The quantitative estimate of drug-likeness (QED) is 0.232. The first-order valence-electron chi connectivity index (χ1n) is 14.4. The molecule has 0 aliphatic carbocycles. The summed E-state index contributed by atoms with van der Waals surface area (Å²) in [6, 6.07) is 52.4. The van der Waals surface area contributed by atoms with Gasteiger partial charge in [0.1, 0.15) is 0 Å². The number of aromatic amines is 1. The van der Waals surface area contributed by atoms with E-state index in [2.05, 4.69) is 120 Å². The summed E-state index contributed by atoms with van der Waals surface area (Å²) < 4.78 is 0. The Labute approximate surface area is 249 Å². The highest BCUT2D eigenvalue weighted by Gasteiger charge is 2.14. The van der Waals surface area contributed by atoms with E-state index < -0.39 is 0 Å². The van der Waals surface area contributed by atoms with E-state index >= 15 is 0 Å². The third kappa shape index (κ3) is 4.75. The first-order chi connectivity index (χ1) is 21.3. The Morgan fingerprint density at radius 1 is 0.302 bits per heavy atom. The fourth-order valence-electron chi connectivity index (χ4n) is 5.66. The predicted octanol–water partition coefficient (Wildman–Crippen LogP) is 9.84. The fourth-order valence-corrected chi connectivity index (χ4v) is 5.66. The van der Waals surface area contributed by atoms with Crippen LogP contribution in [-0.4, -0.2) is 19.9 Å². The summed E-state index contributed by atoms with van der Waals surface area (Å²) in [6.07, 6.45) is 0. The van der Waals surface area contributed by atoms with Gasteiger partial charge in [-0.3, -0.25) is 0 Å². The molecule has 2 aromatic heterocycles. The van der Waals surface area contributed by atoms with E-state index in [1.165, 1.54) is 16.3 Å². The molecule has 8 rings (SSSR count). The van der Waals surface area contributed by atoms with Crippen LogP contribution in [0.1, 0.15) is 0 Å². The maximum absolute atomic E-state index is 4.99. The van der Waals surface area contributed by atoms with E-state index in [9.17, 15) is 0 Å². The van der Waals surface area contributed by atoms with Crippen molar-refractivity contribution in [3.8, 4) is 56.4 Å². The van der Waals surface area contributed by atoms with Crippen molar-refractivity contribution < 1.29 is 0 Å². The van der Waals surface area contributed by atoms with Crippen molar-refractivity contribution in [1.29, 1.82) is 0 Å². The zero-order chi connectivity index (χ0) is 28.6. The molecule has 0 amide bonds. The molecule has 0 atom stereocenters. The molecule has 4 heteroatoms. The topological polar surface area (TPSA) is 54.5 Å². The van der Waals surface area contributed by atoms with Gasteiger partial charge < -0.3 is 4.98 Å². The van der Waals surface area contributed by atoms with E-state index in [1.807, 2.05) is 36.4 Å². The number of rotatable bonds is 5. The minimum atomic E-state index is 0.644. The van der Waals surface area contributed by atoms with Gasteiger partial charge in [0.05, 0.1) is 0 Å². The van der Waals surface area contributed by atoms with Crippen molar-refractivity contribution in [3.63, 3.8) is 0 Å². The second kappa shape index (κ2) is 10.5. The lowest BCUT2D eigenvalue weighted by Gasteiger charge is -2.10. The molecule has 0 spiro atoms. The lowest BCUT2D eigenvalue weighted by Crippen LogP contribution is -2.00. The van der Waals surface area contributed by atoms with Crippen LogP contribution in [0.5, 0.6) is 0 Å². The molecule has 0 unspecified atom stereocenters. The van der Waals surface area contributed by atoms with Gasteiger partial charge in [-0.15, -0.1) is 0 Å². The second-order valence-electron chi connectivity index (χ2n) is 10.6. The Morgan fingerprint density at radius 2 is 0.767 bits per heavy atom. The molecular formula is C39H26N4. The standard InChI is InChI=1S/C39H26N4/c1-3-10-26(11-4-1)27-18-20-29(21-19-27)38-41-37(28-12-5-2-6-13-28)42-39(43-38)32-15-9-14-30(24-32)31-22-23-36-34(25-31)33-16-7-8-17-35(33)40-36/h1-25,40H. The Bertz CT molecular complexity index is 2220. The van der Waals surface area contributed by atoms with E-state index in [4.69, 9.17) is 15.0 Å². The van der Waals surface area contributed by atoms with Gasteiger partial charge in [-0.1, -0.05) is 127 Å². The summed E-state index contributed by atoms with van der Waals surface area (Å²) in [6.45, 7) is 0. The molecule has 2 heterocycles. The van der Waals surface area contributed by atoms with Crippen LogP contribution in [0.25, 0.3) is 78.2 Å². The Balaban J connectivity index is 1.22. The third-order valence-corrected chi connectivity index (χ3v) is 7.88. The van der Waals surface area contributed by atoms with Crippen LogP contribution < -0.4 is 0 Å². The lowest BCUT2D eigenvalue weighted by atomic mass is 10.0. The third-order valence-electron chi connectivity index (χ3n) is 7.88. The normalized spacial score (nSPS) is 11.3. The first-order valence-corrected chi connectivity index (χ1v) is 14.4. The largest absolute Gasteiger partial charge is 0.355 e. The fraction of sp³-hybridized carbons (Fsp3) is 0. The van der Waals surface area contributed by atoms with Crippen molar-refractivity contribution in [3.05, 3.63) is 152 Å². The summed E-state index contributed by atoms with van der Waals surface area (Å²) in [7, 11) is 0. The lowest BCUT2D eigenvalue weighted by molar-refractivity contribution is 1.07. The molecule has 202 valence electrons. The van der Waals surface area contributed by atoms with Gasteiger partial charge in [0.25, 0.3) is 0 Å². The van der Waals surface area contributed by atoms with E-state index in [1.54, 1.807) is 0 Å². The van der Waals surface area contributed by atoms with Crippen LogP contribution in [0, 0.1) is 0 Å². The average molecular weight is 551 g/mol. The average Bonchev–Trinajstić information content (AvgIpc) is 3.47. The molecule has 6 aromatic carbocycles. The number of H-pyrrole nitrogens is 1. The number of hydrogen-bond acceptors (Lipinski definition) is 3. The number of aromatic nitrogens is 4. The minimum absolute atomic E-state index is 0.644. The zero-order valence-electron chi connectivity index (χ0n) is 23.3. The number of hydrogen-bond donors (Lipinski definition) is 1. The van der Waals surface area contributed by atoms with Gasteiger partial charge in [0.2, 0.25) is 0 Å². The SMILES string of the molecule is c1ccc(-c2ccc(-c3nc(-c4ccccc4)nc(-c4cccc(-c5ccc6[nH]c7ccccc7c6c5)c4)n3)cc2)cc1. The van der Waals surface area contributed by atoms with E-state index in [-0.39, 0.29) is 0 Å². The summed E-state index contributed by atoms with van der Waals surface area (Å²) in [5.41, 5.74) is 9.71. The van der Waals surface area contributed by atoms with Gasteiger partial charge in [-0.2, -0.15) is 0 Å². The van der Waals surface area contributed by atoms with Crippen LogP contribution >= 0.6 is 0 Å². The van der Waals surface area contributed by atoms with Crippen molar-refractivity contribution in [2.24, 2.45) is 0 Å². The van der Waals surface area contributed by atoms with Gasteiger partial charge in [-0.25, -0.2) is 15.0 Å². The molecule has 1 N–H and O–H groups in total. The van der Waals surface area contributed by atoms with Crippen LogP contribution in [-0.2, 0) is 0 Å². The minimum Gasteiger partial charge on any atom is -0.355 e. The van der Waals surface area contributed by atoms with E-state index in [0.717, 1.165) is 44.4 Å². The Morgan fingerprint density at radius 3 is 1.51 bits per heavy atom. The van der Waals surface area contributed by atoms with Crippen LogP contribution in [0.2, 0.25) is 0 Å². The summed E-state index contributed by atoms with van der Waals surface area (Å²) in [5, 5.41) is 2.44. The van der Waals surface area contributed by atoms with Gasteiger partial charge in [0, 0.05) is 38.5 Å². The summed E-state index contributed by atoms with van der Waals surface area (Å²) >= 11 is 0. The molecule has 4 nitrogen and oxygen atoms in total. The maximum atomic E-state index is 4.99. The number of benzene rings is 6. The Hall–Kier alpha value is -5.87. The van der Waals surface area contributed by atoms with Crippen LogP contribution in [0.3, 0.4) is 0 Å². The molecule has 0 bridgehead atoms. The molecule has 0 fully saturated rings. The highest BCUT2D eigenvalue weighted by atomic mass is 15.0. The van der Waals surface area contributed by atoms with Gasteiger partial charge >= 0.3 is 0 Å². The van der Waals surface area contributed by atoms with Crippen molar-refractivity contribution in [1.82, 2.24) is 19.9 Å². The number of nitrogens with zero attached hydrogens (tertiary/aromatic N) is 3. The monoisotopic (exact) mass is 550 g/mol. The van der Waals surface area contributed by atoms with Gasteiger partial charge in [-0.05, 0) is 46.5 Å². The van der Waals surface area contributed by atoms with Gasteiger partial charge in [0.15, 0.2) is 17.5 Å². The molecule has 0 aliphatic rings. The van der Waals surface area contributed by atoms with Crippen LogP contribution in [0.15, 0.2) is 152 Å².